The van der Waals surface area contributed by atoms with Gasteiger partial charge in [-0.3, -0.25) is 0 Å². The molecule has 0 radical (unpaired) electrons. The molecule has 0 amide bonds. The first-order valence-electron chi connectivity index (χ1n) is 4.29. The van der Waals surface area contributed by atoms with Gasteiger partial charge in [-0.1, -0.05) is 0 Å². The predicted molar refractivity (Wildman–Crippen MR) is 44.6 cm³/mol. The van der Waals surface area contributed by atoms with Crippen LogP contribution in [0.1, 0.15) is 18.4 Å². The molecule has 12 heavy (non-hydrogen) atoms. The van der Waals surface area contributed by atoms with E-state index in [2.05, 4.69) is 5.32 Å². The highest BCUT2D eigenvalue weighted by atomic mass is 16.3. The fourth-order valence-electron chi connectivity index (χ4n) is 1.36. The molecule has 0 unspecified atom stereocenters. The summed E-state index contributed by atoms with van der Waals surface area (Å²) in [5.41, 5.74) is 1.13. The number of aliphatic hydroxyl groups is 1. The maximum atomic E-state index is 9.25. The second-order valence-corrected chi connectivity index (χ2v) is 3.26. The first-order chi connectivity index (χ1) is 5.86. The zero-order valence-corrected chi connectivity index (χ0v) is 6.86. The standard InChI is InChI=1S/C9H13NO2/c11-9-2-1-8(9)10-5-7-3-4-12-6-7/h3-4,6,8-11H,1-2,5H2/t8-,9-/m1/s1. The largest absolute Gasteiger partial charge is 0.472 e. The normalized spacial score (nSPS) is 28.4. The van der Waals surface area contributed by atoms with E-state index in [1.807, 2.05) is 6.07 Å². The van der Waals surface area contributed by atoms with Crippen molar-refractivity contribution in [2.45, 2.75) is 31.5 Å². The molecular weight excluding hydrogens is 154 g/mol. The number of furan rings is 1. The Labute approximate surface area is 71.4 Å². The Balaban J connectivity index is 1.75. The molecule has 0 aliphatic heterocycles. The molecule has 0 bridgehead atoms. The molecule has 3 nitrogen and oxygen atoms in total. The molecule has 0 aromatic carbocycles. The van der Waals surface area contributed by atoms with Crippen molar-refractivity contribution < 1.29 is 9.52 Å². The number of hydrogen-bond acceptors (Lipinski definition) is 3. The number of hydrogen-bond donors (Lipinski definition) is 2. The van der Waals surface area contributed by atoms with Gasteiger partial charge in [-0.15, -0.1) is 0 Å². The number of rotatable bonds is 3. The van der Waals surface area contributed by atoms with Crippen molar-refractivity contribution in [2.75, 3.05) is 0 Å². The summed E-state index contributed by atoms with van der Waals surface area (Å²) < 4.78 is 4.92. The van der Waals surface area contributed by atoms with Gasteiger partial charge in [-0.05, 0) is 18.9 Å². The Morgan fingerprint density at radius 2 is 2.50 bits per heavy atom. The molecule has 1 aromatic rings. The van der Waals surface area contributed by atoms with E-state index in [4.69, 9.17) is 4.42 Å². The van der Waals surface area contributed by atoms with E-state index in [1.54, 1.807) is 12.5 Å². The van der Waals surface area contributed by atoms with Crippen LogP contribution in [0.3, 0.4) is 0 Å². The summed E-state index contributed by atoms with van der Waals surface area (Å²) in [6.07, 6.45) is 5.26. The van der Waals surface area contributed by atoms with Crippen LogP contribution in [0.5, 0.6) is 0 Å². The Bertz CT molecular complexity index is 233. The Morgan fingerprint density at radius 1 is 1.58 bits per heavy atom. The summed E-state index contributed by atoms with van der Waals surface area (Å²) in [6.45, 7) is 0.790. The van der Waals surface area contributed by atoms with E-state index in [-0.39, 0.29) is 6.10 Å². The molecule has 2 atom stereocenters. The Kier molecular flexibility index (Phi) is 2.15. The van der Waals surface area contributed by atoms with Crippen molar-refractivity contribution >= 4 is 0 Å². The first-order valence-corrected chi connectivity index (χ1v) is 4.29. The van der Waals surface area contributed by atoms with Crippen molar-refractivity contribution in [1.29, 1.82) is 0 Å². The minimum absolute atomic E-state index is 0.142. The van der Waals surface area contributed by atoms with Crippen molar-refractivity contribution in [1.82, 2.24) is 5.32 Å². The van der Waals surface area contributed by atoms with Gasteiger partial charge in [0.1, 0.15) is 0 Å². The van der Waals surface area contributed by atoms with E-state index < -0.39 is 0 Å². The van der Waals surface area contributed by atoms with Crippen LogP contribution in [0.4, 0.5) is 0 Å². The predicted octanol–water partition coefficient (Wildman–Crippen LogP) is 0.892. The van der Waals surface area contributed by atoms with Crippen molar-refractivity contribution in [2.24, 2.45) is 0 Å². The van der Waals surface area contributed by atoms with E-state index in [1.165, 1.54) is 0 Å². The average Bonchev–Trinajstić information content (AvgIpc) is 2.54. The van der Waals surface area contributed by atoms with Crippen molar-refractivity contribution in [3.8, 4) is 0 Å². The van der Waals surface area contributed by atoms with Gasteiger partial charge in [0.25, 0.3) is 0 Å². The highest BCUT2D eigenvalue weighted by molar-refractivity contribution is 5.05. The van der Waals surface area contributed by atoms with E-state index in [9.17, 15) is 5.11 Å². The van der Waals surface area contributed by atoms with Gasteiger partial charge in [-0.2, -0.15) is 0 Å². The van der Waals surface area contributed by atoms with Gasteiger partial charge >= 0.3 is 0 Å². The minimum atomic E-state index is -0.142. The molecular formula is C9H13NO2. The Morgan fingerprint density at radius 3 is 3.00 bits per heavy atom. The van der Waals surface area contributed by atoms with Crippen molar-refractivity contribution in [3.05, 3.63) is 24.2 Å². The highest BCUT2D eigenvalue weighted by Crippen LogP contribution is 2.19. The molecule has 1 heterocycles. The molecule has 1 saturated carbocycles. The summed E-state index contributed by atoms with van der Waals surface area (Å²) in [4.78, 5) is 0. The average molecular weight is 167 g/mol. The molecule has 0 saturated heterocycles. The maximum absolute atomic E-state index is 9.25. The molecule has 1 aromatic heterocycles. The highest BCUT2D eigenvalue weighted by Gasteiger charge is 2.27. The third-order valence-corrected chi connectivity index (χ3v) is 2.39. The fourth-order valence-corrected chi connectivity index (χ4v) is 1.36. The van der Waals surface area contributed by atoms with Crippen molar-refractivity contribution in [3.63, 3.8) is 0 Å². The number of aliphatic hydroxyl groups excluding tert-OH is 1. The zero-order valence-electron chi connectivity index (χ0n) is 6.86. The topological polar surface area (TPSA) is 45.4 Å². The Hall–Kier alpha value is -0.800. The third kappa shape index (κ3) is 1.52. The first kappa shape index (κ1) is 7.83. The lowest BCUT2D eigenvalue weighted by Crippen LogP contribution is -2.47. The minimum Gasteiger partial charge on any atom is -0.472 e. The molecule has 0 spiro atoms. The van der Waals surface area contributed by atoms with Gasteiger partial charge in [-0.25, -0.2) is 0 Å². The monoisotopic (exact) mass is 167 g/mol. The van der Waals surface area contributed by atoms with Gasteiger partial charge < -0.3 is 14.8 Å². The fraction of sp³-hybridized carbons (Fsp3) is 0.556. The summed E-state index contributed by atoms with van der Waals surface area (Å²) >= 11 is 0. The summed E-state index contributed by atoms with van der Waals surface area (Å²) in [7, 11) is 0. The van der Waals surface area contributed by atoms with Crippen LogP contribution in [0, 0.1) is 0 Å². The van der Waals surface area contributed by atoms with Crippen LogP contribution in [0.25, 0.3) is 0 Å². The lowest BCUT2D eigenvalue weighted by atomic mass is 9.89. The summed E-state index contributed by atoms with van der Waals surface area (Å²) in [5, 5.41) is 12.5. The zero-order chi connectivity index (χ0) is 8.39. The summed E-state index contributed by atoms with van der Waals surface area (Å²) in [6, 6.07) is 2.22. The van der Waals surface area contributed by atoms with Crippen LogP contribution >= 0.6 is 0 Å². The van der Waals surface area contributed by atoms with Gasteiger partial charge in [0.2, 0.25) is 0 Å². The van der Waals surface area contributed by atoms with Crippen LogP contribution < -0.4 is 5.32 Å². The molecule has 1 fully saturated rings. The SMILES string of the molecule is O[C@@H]1CC[C@H]1NCc1ccoc1. The van der Waals surface area contributed by atoms with E-state index >= 15 is 0 Å². The van der Waals surface area contributed by atoms with E-state index in [0.717, 1.165) is 24.9 Å². The molecule has 2 rings (SSSR count). The summed E-state index contributed by atoms with van der Waals surface area (Å²) in [5.74, 6) is 0. The van der Waals surface area contributed by atoms with Crippen LogP contribution in [-0.4, -0.2) is 17.3 Å². The van der Waals surface area contributed by atoms with Gasteiger partial charge in [0.05, 0.1) is 18.6 Å². The third-order valence-electron chi connectivity index (χ3n) is 2.39. The second-order valence-electron chi connectivity index (χ2n) is 3.26. The molecule has 3 heteroatoms. The molecule has 1 aliphatic rings. The molecule has 66 valence electrons. The van der Waals surface area contributed by atoms with Gasteiger partial charge in [0.15, 0.2) is 0 Å². The lowest BCUT2D eigenvalue weighted by molar-refractivity contribution is 0.0492. The van der Waals surface area contributed by atoms with E-state index in [0.29, 0.717) is 6.04 Å². The van der Waals surface area contributed by atoms with Crippen LogP contribution in [0.15, 0.2) is 23.0 Å². The molecule has 1 aliphatic carbocycles. The van der Waals surface area contributed by atoms with Crippen LogP contribution in [0.2, 0.25) is 0 Å². The second kappa shape index (κ2) is 3.29. The van der Waals surface area contributed by atoms with Crippen LogP contribution in [-0.2, 0) is 6.54 Å². The smallest absolute Gasteiger partial charge is 0.0947 e. The number of nitrogens with one attached hydrogen (secondary N) is 1. The quantitative estimate of drug-likeness (QED) is 0.702. The lowest BCUT2D eigenvalue weighted by Gasteiger charge is -2.33. The maximum Gasteiger partial charge on any atom is 0.0947 e. The van der Waals surface area contributed by atoms with Gasteiger partial charge in [0, 0.05) is 18.2 Å². The molecule has 2 N–H and O–H groups in total.